The third kappa shape index (κ3) is 3.46. The van der Waals surface area contributed by atoms with E-state index in [2.05, 4.69) is 15.3 Å². The third-order valence-corrected chi connectivity index (χ3v) is 5.28. The van der Waals surface area contributed by atoms with Crippen LogP contribution in [0.5, 0.6) is 0 Å². The first kappa shape index (κ1) is 18.1. The van der Waals surface area contributed by atoms with Crippen molar-refractivity contribution in [3.8, 4) is 16.5 Å². The van der Waals surface area contributed by atoms with Gasteiger partial charge in [0.25, 0.3) is 5.91 Å². The summed E-state index contributed by atoms with van der Waals surface area (Å²) in [4.78, 5) is 21.8. The summed E-state index contributed by atoms with van der Waals surface area (Å²) in [5, 5.41) is 3.45. The molecule has 0 radical (unpaired) electrons. The highest BCUT2D eigenvalue weighted by atomic mass is 32.1. The number of rotatable bonds is 5. The standard InChI is InChI=1S/C20H17FN4O2S/c1-12-18(24-20(28-12)17-4-3-9-27-17)19(26)23-11-14-5-6-16(15(21)10-14)25-8-7-22-13(25)2/h3-10H,11H2,1-2H3,(H,23,26). The van der Waals surface area contributed by atoms with Gasteiger partial charge in [0.2, 0.25) is 0 Å². The van der Waals surface area contributed by atoms with E-state index in [0.29, 0.717) is 33.5 Å². The highest BCUT2D eigenvalue weighted by Crippen LogP contribution is 2.28. The number of furan rings is 1. The predicted molar refractivity (Wildman–Crippen MR) is 104 cm³/mol. The van der Waals surface area contributed by atoms with Gasteiger partial charge in [-0.15, -0.1) is 11.3 Å². The highest BCUT2D eigenvalue weighted by Gasteiger charge is 2.17. The van der Waals surface area contributed by atoms with Gasteiger partial charge in [-0.05, 0) is 43.7 Å². The van der Waals surface area contributed by atoms with Gasteiger partial charge >= 0.3 is 0 Å². The predicted octanol–water partition coefficient (Wildman–Crippen LogP) is 4.27. The maximum Gasteiger partial charge on any atom is 0.271 e. The number of halogens is 1. The molecule has 0 atom stereocenters. The molecule has 0 fully saturated rings. The summed E-state index contributed by atoms with van der Waals surface area (Å²) in [5.41, 5.74) is 1.43. The summed E-state index contributed by atoms with van der Waals surface area (Å²) < 4.78 is 21.5. The smallest absolute Gasteiger partial charge is 0.271 e. The fraction of sp³-hybridized carbons (Fsp3) is 0.150. The van der Waals surface area contributed by atoms with E-state index < -0.39 is 0 Å². The number of carbonyl (C=O) groups excluding carboxylic acids is 1. The lowest BCUT2D eigenvalue weighted by Crippen LogP contribution is -2.24. The summed E-state index contributed by atoms with van der Waals surface area (Å²) in [7, 11) is 0. The third-order valence-electron chi connectivity index (χ3n) is 4.29. The molecule has 1 amide bonds. The molecule has 4 rings (SSSR count). The molecule has 0 saturated heterocycles. The maximum atomic E-state index is 14.5. The molecule has 3 aromatic heterocycles. The zero-order chi connectivity index (χ0) is 19.7. The second-order valence-electron chi connectivity index (χ2n) is 6.21. The number of amides is 1. The molecule has 1 aromatic carbocycles. The molecular formula is C20H17FN4O2S. The van der Waals surface area contributed by atoms with Gasteiger partial charge in [-0.2, -0.15) is 0 Å². The number of hydrogen-bond donors (Lipinski definition) is 1. The molecule has 0 aliphatic heterocycles. The summed E-state index contributed by atoms with van der Waals surface area (Å²) in [6.45, 7) is 3.84. The van der Waals surface area contributed by atoms with Crippen LogP contribution in [0.1, 0.15) is 26.8 Å². The zero-order valence-electron chi connectivity index (χ0n) is 15.3. The van der Waals surface area contributed by atoms with Crippen molar-refractivity contribution >= 4 is 17.2 Å². The quantitative estimate of drug-likeness (QED) is 0.547. The van der Waals surface area contributed by atoms with E-state index in [0.717, 1.165) is 4.88 Å². The number of nitrogens with one attached hydrogen (secondary N) is 1. The molecule has 1 N–H and O–H groups in total. The topological polar surface area (TPSA) is 73.0 Å². The Kier molecular flexibility index (Phi) is 4.79. The summed E-state index contributed by atoms with van der Waals surface area (Å²) in [6.07, 6.45) is 4.89. The van der Waals surface area contributed by atoms with Crippen LogP contribution in [-0.2, 0) is 6.54 Å². The molecule has 28 heavy (non-hydrogen) atoms. The minimum Gasteiger partial charge on any atom is -0.462 e. The number of benzene rings is 1. The SMILES string of the molecule is Cc1sc(-c2ccco2)nc1C(=O)NCc1ccc(-n2ccnc2C)c(F)c1. The van der Waals surface area contributed by atoms with Crippen LogP contribution in [0.25, 0.3) is 16.5 Å². The van der Waals surface area contributed by atoms with Gasteiger partial charge in [0.1, 0.15) is 17.3 Å². The number of imidazole rings is 1. The van der Waals surface area contributed by atoms with Crippen LogP contribution in [0.4, 0.5) is 4.39 Å². The van der Waals surface area contributed by atoms with Crippen LogP contribution in [0.2, 0.25) is 0 Å². The number of aromatic nitrogens is 3. The Hall–Kier alpha value is -3.26. The van der Waals surface area contributed by atoms with Gasteiger partial charge in [0.15, 0.2) is 10.8 Å². The summed E-state index contributed by atoms with van der Waals surface area (Å²) >= 11 is 1.39. The number of carbonyl (C=O) groups is 1. The lowest BCUT2D eigenvalue weighted by atomic mass is 10.2. The maximum absolute atomic E-state index is 14.5. The Balaban J connectivity index is 1.47. The van der Waals surface area contributed by atoms with Crippen LogP contribution >= 0.6 is 11.3 Å². The van der Waals surface area contributed by atoms with Gasteiger partial charge in [-0.25, -0.2) is 14.4 Å². The number of thiazole rings is 1. The minimum atomic E-state index is -0.377. The van der Waals surface area contributed by atoms with E-state index in [1.807, 2.05) is 6.92 Å². The van der Waals surface area contributed by atoms with E-state index >= 15 is 0 Å². The Labute approximate surface area is 164 Å². The zero-order valence-corrected chi connectivity index (χ0v) is 16.1. The molecule has 4 aromatic rings. The number of nitrogens with zero attached hydrogens (tertiary/aromatic N) is 3. The second-order valence-corrected chi connectivity index (χ2v) is 7.42. The van der Waals surface area contributed by atoms with Gasteiger partial charge in [-0.3, -0.25) is 4.79 Å². The van der Waals surface area contributed by atoms with E-state index in [-0.39, 0.29) is 18.3 Å². The van der Waals surface area contributed by atoms with E-state index in [4.69, 9.17) is 4.42 Å². The molecule has 8 heteroatoms. The lowest BCUT2D eigenvalue weighted by Gasteiger charge is -2.09. The van der Waals surface area contributed by atoms with E-state index in [1.54, 1.807) is 54.4 Å². The minimum absolute atomic E-state index is 0.200. The Morgan fingerprint density at radius 2 is 2.18 bits per heavy atom. The molecule has 0 aliphatic carbocycles. The average molecular weight is 396 g/mol. The molecule has 3 heterocycles. The first-order valence-corrected chi connectivity index (χ1v) is 9.43. The van der Waals surface area contributed by atoms with Gasteiger partial charge in [0.05, 0.1) is 12.0 Å². The van der Waals surface area contributed by atoms with Crippen LogP contribution < -0.4 is 5.32 Å². The van der Waals surface area contributed by atoms with E-state index in [1.165, 1.54) is 17.4 Å². The molecule has 0 unspecified atom stereocenters. The van der Waals surface area contributed by atoms with Crippen molar-refractivity contribution in [2.24, 2.45) is 0 Å². The molecular weight excluding hydrogens is 379 g/mol. The van der Waals surface area contributed by atoms with E-state index in [9.17, 15) is 9.18 Å². The number of aryl methyl sites for hydroxylation is 2. The van der Waals surface area contributed by atoms with Gasteiger partial charge < -0.3 is 14.3 Å². The van der Waals surface area contributed by atoms with Crippen LogP contribution in [0, 0.1) is 19.7 Å². The van der Waals surface area contributed by atoms with Crippen molar-refractivity contribution in [1.82, 2.24) is 19.9 Å². The largest absolute Gasteiger partial charge is 0.462 e. The van der Waals surface area contributed by atoms with Gasteiger partial charge in [-0.1, -0.05) is 6.07 Å². The Bertz CT molecular complexity index is 1130. The number of hydrogen-bond acceptors (Lipinski definition) is 5. The molecule has 0 spiro atoms. The van der Waals surface area contributed by atoms with Crippen LogP contribution in [0.15, 0.2) is 53.4 Å². The molecule has 0 saturated carbocycles. The molecule has 0 bridgehead atoms. The lowest BCUT2D eigenvalue weighted by molar-refractivity contribution is 0.0946. The van der Waals surface area contributed by atoms with Crippen molar-refractivity contribution in [1.29, 1.82) is 0 Å². The highest BCUT2D eigenvalue weighted by molar-refractivity contribution is 7.15. The van der Waals surface area contributed by atoms with Crippen molar-refractivity contribution in [2.45, 2.75) is 20.4 Å². The Morgan fingerprint density at radius 3 is 2.86 bits per heavy atom. The first-order chi connectivity index (χ1) is 13.5. The average Bonchev–Trinajstić information content (AvgIpc) is 3.41. The van der Waals surface area contributed by atoms with Crippen molar-refractivity contribution in [2.75, 3.05) is 0 Å². The van der Waals surface area contributed by atoms with Gasteiger partial charge in [0, 0.05) is 23.8 Å². The van der Waals surface area contributed by atoms with Crippen molar-refractivity contribution in [3.05, 3.63) is 76.8 Å². The second kappa shape index (κ2) is 7.40. The molecule has 6 nitrogen and oxygen atoms in total. The Morgan fingerprint density at radius 1 is 1.32 bits per heavy atom. The van der Waals surface area contributed by atoms with Crippen LogP contribution in [-0.4, -0.2) is 20.4 Å². The molecule has 142 valence electrons. The fourth-order valence-electron chi connectivity index (χ4n) is 2.87. The van der Waals surface area contributed by atoms with Crippen LogP contribution in [0.3, 0.4) is 0 Å². The monoisotopic (exact) mass is 396 g/mol. The fourth-order valence-corrected chi connectivity index (χ4v) is 3.75. The summed E-state index contributed by atoms with van der Waals surface area (Å²) in [5.74, 6) is 0.644. The van der Waals surface area contributed by atoms with Crippen molar-refractivity contribution < 1.29 is 13.6 Å². The van der Waals surface area contributed by atoms with Crippen molar-refractivity contribution in [3.63, 3.8) is 0 Å². The first-order valence-electron chi connectivity index (χ1n) is 8.61. The summed E-state index contributed by atoms with van der Waals surface area (Å²) in [6, 6.07) is 8.44. The molecule has 0 aliphatic rings. The normalized spacial score (nSPS) is 11.0.